The van der Waals surface area contributed by atoms with Crippen LogP contribution in [0.2, 0.25) is 0 Å². The molecule has 2 rings (SSSR count). The zero-order chi connectivity index (χ0) is 15.5. The Morgan fingerprint density at radius 1 is 1.19 bits per heavy atom. The fraction of sp³-hybridized carbons (Fsp3) is 0.143. The molecule has 0 saturated heterocycles. The molecule has 0 amide bonds. The third kappa shape index (κ3) is 3.79. The first-order valence-corrected chi connectivity index (χ1v) is 7.91. The van der Waals surface area contributed by atoms with E-state index in [4.69, 9.17) is 4.74 Å². The summed E-state index contributed by atoms with van der Waals surface area (Å²) in [4.78, 5) is 11.1. The number of hydrogen-bond acceptors (Lipinski definition) is 5. The van der Waals surface area contributed by atoms with Crippen molar-refractivity contribution in [2.75, 3.05) is 13.4 Å². The topological polar surface area (TPSA) is 89.1 Å². The molecule has 0 bridgehead atoms. The van der Waals surface area contributed by atoms with E-state index in [0.717, 1.165) is 6.26 Å². The molecule has 0 radical (unpaired) electrons. The van der Waals surface area contributed by atoms with Crippen molar-refractivity contribution in [1.82, 2.24) is 10.2 Å². The van der Waals surface area contributed by atoms with Crippen LogP contribution in [0.4, 0.5) is 0 Å². The van der Waals surface area contributed by atoms with Crippen LogP contribution in [0.15, 0.2) is 40.0 Å². The van der Waals surface area contributed by atoms with Gasteiger partial charge in [0, 0.05) is 17.9 Å². The number of sulfone groups is 1. The van der Waals surface area contributed by atoms with E-state index >= 15 is 0 Å². The fourth-order valence-electron chi connectivity index (χ4n) is 1.70. The Hall–Kier alpha value is -2.41. The van der Waals surface area contributed by atoms with Gasteiger partial charge in [-0.05, 0) is 36.4 Å². The normalized spacial score (nSPS) is 11.7. The van der Waals surface area contributed by atoms with Gasteiger partial charge in [0.15, 0.2) is 9.84 Å². The number of aromatic amines is 1. The second-order valence-electron chi connectivity index (χ2n) is 4.36. The molecule has 0 unspecified atom stereocenters. The van der Waals surface area contributed by atoms with Crippen molar-refractivity contribution in [1.29, 1.82) is 0 Å². The first-order chi connectivity index (χ1) is 9.90. The third-order valence-corrected chi connectivity index (χ3v) is 3.87. The summed E-state index contributed by atoms with van der Waals surface area (Å²) in [5.41, 5.74) is 0.860. The predicted octanol–water partition coefficient (Wildman–Crippen LogP) is 1.35. The van der Waals surface area contributed by atoms with Gasteiger partial charge in [-0.25, -0.2) is 13.5 Å². The molecule has 0 aliphatic heterocycles. The van der Waals surface area contributed by atoms with Crippen LogP contribution in [0.3, 0.4) is 0 Å². The average molecular weight is 306 g/mol. The maximum absolute atomic E-state index is 11.6. The van der Waals surface area contributed by atoms with Gasteiger partial charge in [-0.15, -0.1) is 0 Å². The first-order valence-electron chi connectivity index (χ1n) is 6.02. The van der Waals surface area contributed by atoms with Gasteiger partial charge in [0.2, 0.25) is 0 Å². The molecule has 7 heteroatoms. The average Bonchev–Trinajstić information content (AvgIpc) is 2.45. The Labute approximate surface area is 122 Å². The number of nitrogens with one attached hydrogen (secondary N) is 1. The summed E-state index contributed by atoms with van der Waals surface area (Å²) in [5.74, 6) is 0.545. The van der Waals surface area contributed by atoms with E-state index in [2.05, 4.69) is 10.2 Å². The van der Waals surface area contributed by atoms with Crippen LogP contribution in [0, 0.1) is 0 Å². The Morgan fingerprint density at radius 2 is 1.95 bits per heavy atom. The van der Waals surface area contributed by atoms with E-state index in [1.54, 1.807) is 24.3 Å². The minimum Gasteiger partial charge on any atom is -0.496 e. The van der Waals surface area contributed by atoms with E-state index in [1.165, 1.54) is 25.3 Å². The van der Waals surface area contributed by atoms with E-state index in [0.29, 0.717) is 17.0 Å². The van der Waals surface area contributed by atoms with Crippen LogP contribution >= 0.6 is 0 Å². The van der Waals surface area contributed by atoms with Crippen LogP contribution in [0.5, 0.6) is 5.75 Å². The number of hydrogen-bond donors (Lipinski definition) is 1. The van der Waals surface area contributed by atoms with Crippen molar-refractivity contribution in [3.05, 3.63) is 51.9 Å². The van der Waals surface area contributed by atoms with Crippen molar-refractivity contribution in [3.63, 3.8) is 0 Å². The molecule has 1 N–H and O–H groups in total. The van der Waals surface area contributed by atoms with Gasteiger partial charge in [0.1, 0.15) is 5.75 Å². The summed E-state index contributed by atoms with van der Waals surface area (Å²) in [6.45, 7) is 0. The monoisotopic (exact) mass is 306 g/mol. The molecule has 0 saturated carbocycles. The third-order valence-electron chi connectivity index (χ3n) is 2.76. The molecular weight excluding hydrogens is 292 g/mol. The Kier molecular flexibility index (Phi) is 4.23. The molecule has 110 valence electrons. The highest BCUT2D eigenvalue weighted by atomic mass is 32.2. The van der Waals surface area contributed by atoms with E-state index in [1.807, 2.05) is 0 Å². The van der Waals surface area contributed by atoms with Crippen LogP contribution < -0.4 is 10.3 Å². The van der Waals surface area contributed by atoms with Crippen LogP contribution in [0.25, 0.3) is 12.2 Å². The van der Waals surface area contributed by atoms with Crippen molar-refractivity contribution in [3.8, 4) is 5.75 Å². The summed E-state index contributed by atoms with van der Waals surface area (Å²) < 4.78 is 28.4. The smallest absolute Gasteiger partial charge is 0.264 e. The largest absolute Gasteiger partial charge is 0.496 e. The maximum atomic E-state index is 11.6. The van der Waals surface area contributed by atoms with Crippen LogP contribution in [-0.2, 0) is 9.84 Å². The molecule has 1 aromatic heterocycles. The zero-order valence-electron chi connectivity index (χ0n) is 11.5. The predicted molar refractivity (Wildman–Crippen MR) is 79.9 cm³/mol. The second-order valence-corrected chi connectivity index (χ2v) is 6.37. The van der Waals surface area contributed by atoms with Crippen molar-refractivity contribution in [2.24, 2.45) is 0 Å². The van der Waals surface area contributed by atoms with Gasteiger partial charge >= 0.3 is 0 Å². The quantitative estimate of drug-likeness (QED) is 0.921. The lowest BCUT2D eigenvalue weighted by Gasteiger charge is -2.06. The summed E-state index contributed by atoms with van der Waals surface area (Å²) in [7, 11) is -1.79. The number of ether oxygens (including phenoxy) is 1. The highest BCUT2D eigenvalue weighted by Crippen LogP contribution is 2.24. The number of benzene rings is 1. The zero-order valence-corrected chi connectivity index (χ0v) is 12.3. The molecular formula is C14H14N2O4S. The molecule has 6 nitrogen and oxygen atoms in total. The number of aromatic nitrogens is 2. The van der Waals surface area contributed by atoms with Crippen molar-refractivity contribution >= 4 is 22.0 Å². The Morgan fingerprint density at radius 3 is 2.52 bits per heavy atom. The summed E-state index contributed by atoms with van der Waals surface area (Å²) in [6.07, 6.45) is 4.47. The van der Waals surface area contributed by atoms with Gasteiger partial charge in [-0.3, -0.25) is 4.79 Å². The molecule has 0 aliphatic carbocycles. The molecule has 1 heterocycles. The van der Waals surface area contributed by atoms with E-state index < -0.39 is 9.84 Å². The maximum Gasteiger partial charge on any atom is 0.264 e. The minimum absolute atomic E-state index is 0.206. The Bertz CT molecular complexity index is 818. The lowest BCUT2D eigenvalue weighted by molar-refractivity contribution is 0.413. The first kappa shape index (κ1) is 15.0. The van der Waals surface area contributed by atoms with Crippen molar-refractivity contribution in [2.45, 2.75) is 4.90 Å². The molecule has 0 spiro atoms. The minimum atomic E-state index is -3.29. The molecule has 2 aromatic rings. The summed E-state index contributed by atoms with van der Waals surface area (Å²) >= 11 is 0. The highest BCUT2D eigenvalue weighted by Gasteiger charge is 2.10. The highest BCUT2D eigenvalue weighted by molar-refractivity contribution is 7.90. The molecule has 0 atom stereocenters. The van der Waals surface area contributed by atoms with Gasteiger partial charge in [-0.1, -0.05) is 0 Å². The van der Waals surface area contributed by atoms with Crippen molar-refractivity contribution < 1.29 is 13.2 Å². The van der Waals surface area contributed by atoms with E-state index in [-0.39, 0.29) is 10.5 Å². The SMILES string of the molecule is COc1ccc(S(C)(=O)=O)cc1/C=C/c1ccc(=O)[nH]n1. The molecule has 21 heavy (non-hydrogen) atoms. The van der Waals surface area contributed by atoms with Gasteiger partial charge in [0.25, 0.3) is 5.56 Å². The number of methoxy groups -OCH3 is 1. The number of H-pyrrole nitrogens is 1. The van der Waals surface area contributed by atoms with Gasteiger partial charge in [0.05, 0.1) is 17.7 Å². The number of rotatable bonds is 4. The lowest BCUT2D eigenvalue weighted by atomic mass is 10.1. The molecule has 0 fully saturated rings. The number of nitrogens with zero attached hydrogens (tertiary/aromatic N) is 1. The van der Waals surface area contributed by atoms with Crippen LogP contribution in [-0.4, -0.2) is 32.0 Å². The lowest BCUT2D eigenvalue weighted by Crippen LogP contribution is -2.05. The Balaban J connectivity index is 2.42. The fourth-order valence-corrected chi connectivity index (χ4v) is 2.35. The van der Waals surface area contributed by atoms with Gasteiger partial charge in [-0.2, -0.15) is 5.10 Å². The summed E-state index contributed by atoms with van der Waals surface area (Å²) in [5, 5.41) is 6.15. The van der Waals surface area contributed by atoms with Gasteiger partial charge < -0.3 is 4.74 Å². The molecule has 0 aliphatic rings. The molecule has 1 aromatic carbocycles. The standard InChI is InChI=1S/C14H14N2O4S/c1-20-13-7-6-12(21(2,18)19)9-10(13)3-4-11-5-8-14(17)16-15-11/h3-9H,1-2H3,(H,16,17)/b4-3+. The summed E-state index contributed by atoms with van der Waals surface area (Å²) in [6, 6.07) is 7.52. The van der Waals surface area contributed by atoms with E-state index in [9.17, 15) is 13.2 Å². The second kappa shape index (κ2) is 5.92. The van der Waals surface area contributed by atoms with Crippen LogP contribution in [0.1, 0.15) is 11.3 Å².